The van der Waals surface area contributed by atoms with Gasteiger partial charge in [-0.3, -0.25) is 14.5 Å². The van der Waals surface area contributed by atoms with Crippen LogP contribution in [0.1, 0.15) is 54.8 Å². The standard InChI is InChI=1S/C25H22F3N3O2/c1-2-22(32)31(21-10-6-7-19(15-21)25(26,27)28)23(18-13-11-17(16-29)12-14-18)24(33)30-20-8-4-3-5-9-20/h1,6-7,10-15,20,23H,3-5,8-9H2,(H,30,33). The van der Waals surface area contributed by atoms with Crippen LogP contribution in [0.3, 0.4) is 0 Å². The summed E-state index contributed by atoms with van der Waals surface area (Å²) in [6, 6.07) is 10.6. The van der Waals surface area contributed by atoms with E-state index >= 15 is 0 Å². The van der Waals surface area contributed by atoms with Crippen LogP contribution in [0.25, 0.3) is 0 Å². The average molecular weight is 453 g/mol. The number of nitrogens with one attached hydrogen (secondary N) is 1. The summed E-state index contributed by atoms with van der Waals surface area (Å²) in [5.41, 5.74) is -0.468. The van der Waals surface area contributed by atoms with Gasteiger partial charge in [-0.25, -0.2) is 0 Å². The molecular formula is C25H22F3N3O2. The highest BCUT2D eigenvalue weighted by molar-refractivity contribution is 6.09. The summed E-state index contributed by atoms with van der Waals surface area (Å²) in [4.78, 5) is 27.1. The van der Waals surface area contributed by atoms with Gasteiger partial charge in [-0.15, -0.1) is 6.42 Å². The summed E-state index contributed by atoms with van der Waals surface area (Å²) in [5.74, 6) is 0.422. The molecule has 0 aromatic heterocycles. The number of hydrogen-bond donors (Lipinski definition) is 1. The number of nitrogens with zero attached hydrogens (tertiary/aromatic N) is 2. The summed E-state index contributed by atoms with van der Waals surface area (Å²) >= 11 is 0. The number of hydrogen-bond acceptors (Lipinski definition) is 3. The smallest absolute Gasteiger partial charge is 0.351 e. The molecule has 1 saturated carbocycles. The highest BCUT2D eigenvalue weighted by Crippen LogP contribution is 2.35. The number of alkyl halides is 3. The van der Waals surface area contributed by atoms with Gasteiger partial charge in [0, 0.05) is 11.7 Å². The van der Waals surface area contributed by atoms with E-state index in [9.17, 15) is 22.8 Å². The molecule has 3 rings (SSSR count). The van der Waals surface area contributed by atoms with Crippen LogP contribution in [-0.2, 0) is 15.8 Å². The normalized spacial score (nSPS) is 15.1. The number of terminal acetylenes is 1. The van der Waals surface area contributed by atoms with Gasteiger partial charge >= 0.3 is 12.1 Å². The van der Waals surface area contributed by atoms with Crippen molar-refractivity contribution >= 4 is 17.5 Å². The van der Waals surface area contributed by atoms with Gasteiger partial charge in [-0.2, -0.15) is 18.4 Å². The lowest BCUT2D eigenvalue weighted by Crippen LogP contribution is -2.47. The maximum absolute atomic E-state index is 13.4. The lowest BCUT2D eigenvalue weighted by Gasteiger charge is -2.32. The van der Waals surface area contributed by atoms with Crippen molar-refractivity contribution < 1.29 is 22.8 Å². The molecule has 0 heterocycles. The van der Waals surface area contributed by atoms with E-state index in [2.05, 4.69) is 5.32 Å². The third-order valence-electron chi connectivity index (χ3n) is 5.61. The van der Waals surface area contributed by atoms with E-state index in [-0.39, 0.29) is 11.7 Å². The second-order valence-electron chi connectivity index (χ2n) is 7.85. The zero-order valence-corrected chi connectivity index (χ0v) is 17.7. The molecule has 1 N–H and O–H groups in total. The molecule has 1 unspecified atom stereocenters. The minimum absolute atomic E-state index is 0.101. The summed E-state index contributed by atoms with van der Waals surface area (Å²) < 4.78 is 40.0. The number of nitriles is 1. The van der Waals surface area contributed by atoms with Crippen LogP contribution in [0.2, 0.25) is 0 Å². The van der Waals surface area contributed by atoms with Crippen LogP contribution in [0.4, 0.5) is 18.9 Å². The van der Waals surface area contributed by atoms with E-state index in [0.29, 0.717) is 11.1 Å². The molecule has 2 aromatic carbocycles. The van der Waals surface area contributed by atoms with Crippen molar-refractivity contribution in [2.45, 2.75) is 50.4 Å². The van der Waals surface area contributed by atoms with Gasteiger partial charge in [0.05, 0.1) is 17.2 Å². The van der Waals surface area contributed by atoms with E-state index in [1.165, 1.54) is 30.3 Å². The zero-order valence-electron chi connectivity index (χ0n) is 17.7. The lowest BCUT2D eigenvalue weighted by molar-refractivity contribution is -0.137. The van der Waals surface area contributed by atoms with Crippen LogP contribution in [0, 0.1) is 23.7 Å². The van der Waals surface area contributed by atoms with Gasteiger partial charge in [0.2, 0.25) is 5.91 Å². The molecule has 2 aromatic rings. The molecule has 1 aliphatic carbocycles. The molecule has 1 fully saturated rings. The molecule has 1 atom stereocenters. The van der Waals surface area contributed by atoms with Gasteiger partial charge in [-0.05, 0) is 54.7 Å². The second-order valence-corrected chi connectivity index (χ2v) is 7.85. The van der Waals surface area contributed by atoms with Gasteiger partial charge in [0.25, 0.3) is 0 Å². The summed E-state index contributed by atoms with van der Waals surface area (Å²) in [7, 11) is 0. The Hall–Kier alpha value is -3.78. The van der Waals surface area contributed by atoms with E-state index < -0.39 is 29.6 Å². The molecule has 0 aliphatic heterocycles. The van der Waals surface area contributed by atoms with E-state index in [0.717, 1.165) is 55.2 Å². The summed E-state index contributed by atoms with van der Waals surface area (Å²) in [6.07, 6.45) is 5.22. The van der Waals surface area contributed by atoms with Crippen LogP contribution in [0.5, 0.6) is 0 Å². The van der Waals surface area contributed by atoms with Crippen molar-refractivity contribution in [2.24, 2.45) is 0 Å². The van der Waals surface area contributed by atoms with Gasteiger partial charge in [-0.1, -0.05) is 37.5 Å². The quantitative estimate of drug-likeness (QED) is 0.665. The Balaban J connectivity index is 2.09. The number of halogens is 3. The van der Waals surface area contributed by atoms with E-state index in [1.807, 2.05) is 12.0 Å². The number of benzene rings is 2. The highest BCUT2D eigenvalue weighted by atomic mass is 19.4. The predicted octanol–water partition coefficient (Wildman–Crippen LogP) is 4.73. The SMILES string of the molecule is C#CC(=O)N(c1cccc(C(F)(F)F)c1)C(C(=O)NC1CCCCC1)c1ccc(C#N)cc1. The van der Waals surface area contributed by atoms with Gasteiger partial charge in [0.15, 0.2) is 0 Å². The van der Waals surface area contributed by atoms with Crippen molar-refractivity contribution in [3.05, 3.63) is 65.2 Å². The maximum Gasteiger partial charge on any atom is 0.416 e. The fraction of sp³-hybridized carbons (Fsp3) is 0.320. The molecule has 170 valence electrons. The third-order valence-corrected chi connectivity index (χ3v) is 5.61. The second kappa shape index (κ2) is 10.2. The number of carbonyl (C=O) groups is 2. The molecule has 33 heavy (non-hydrogen) atoms. The number of carbonyl (C=O) groups excluding carboxylic acids is 2. The maximum atomic E-state index is 13.4. The summed E-state index contributed by atoms with van der Waals surface area (Å²) in [6.45, 7) is 0. The zero-order chi connectivity index (χ0) is 24.0. The Morgan fingerprint density at radius 3 is 2.33 bits per heavy atom. The van der Waals surface area contributed by atoms with Crippen molar-refractivity contribution in [3.63, 3.8) is 0 Å². The lowest BCUT2D eigenvalue weighted by atomic mass is 9.94. The third kappa shape index (κ3) is 5.72. The minimum Gasteiger partial charge on any atom is -0.351 e. The first kappa shape index (κ1) is 23.9. The molecule has 0 saturated heterocycles. The van der Waals surface area contributed by atoms with E-state index in [4.69, 9.17) is 11.7 Å². The largest absolute Gasteiger partial charge is 0.416 e. The Morgan fingerprint density at radius 1 is 1.09 bits per heavy atom. The molecule has 2 amide bonds. The first-order valence-electron chi connectivity index (χ1n) is 10.5. The van der Waals surface area contributed by atoms with Crippen LogP contribution < -0.4 is 10.2 Å². The Morgan fingerprint density at radius 2 is 1.76 bits per heavy atom. The Bertz CT molecular complexity index is 1090. The molecule has 1 aliphatic rings. The number of anilines is 1. The van der Waals surface area contributed by atoms with Gasteiger partial charge < -0.3 is 5.32 Å². The molecule has 8 heteroatoms. The van der Waals surface area contributed by atoms with Crippen molar-refractivity contribution in [2.75, 3.05) is 4.90 Å². The fourth-order valence-corrected chi connectivity index (χ4v) is 3.97. The fourth-order valence-electron chi connectivity index (χ4n) is 3.97. The van der Waals surface area contributed by atoms with Crippen LogP contribution in [0.15, 0.2) is 48.5 Å². The van der Waals surface area contributed by atoms with Crippen molar-refractivity contribution in [3.8, 4) is 18.4 Å². The number of amides is 2. The molecule has 5 nitrogen and oxygen atoms in total. The highest BCUT2D eigenvalue weighted by Gasteiger charge is 2.36. The molecule has 0 bridgehead atoms. The minimum atomic E-state index is -4.64. The molecule has 0 radical (unpaired) electrons. The molecule has 0 spiro atoms. The topological polar surface area (TPSA) is 73.2 Å². The Kier molecular flexibility index (Phi) is 7.40. The van der Waals surface area contributed by atoms with Crippen molar-refractivity contribution in [1.82, 2.24) is 5.32 Å². The number of rotatable bonds is 5. The van der Waals surface area contributed by atoms with Crippen LogP contribution >= 0.6 is 0 Å². The van der Waals surface area contributed by atoms with Gasteiger partial charge in [0.1, 0.15) is 6.04 Å². The van der Waals surface area contributed by atoms with Crippen molar-refractivity contribution in [1.29, 1.82) is 5.26 Å². The van der Waals surface area contributed by atoms with E-state index in [1.54, 1.807) is 0 Å². The summed E-state index contributed by atoms with van der Waals surface area (Å²) in [5, 5.41) is 12.0. The Labute approximate surface area is 190 Å². The van der Waals surface area contributed by atoms with Crippen LogP contribution in [-0.4, -0.2) is 17.9 Å². The average Bonchev–Trinajstić information content (AvgIpc) is 2.82. The molecular weight excluding hydrogens is 431 g/mol. The first-order valence-corrected chi connectivity index (χ1v) is 10.5. The first-order chi connectivity index (χ1) is 15.7. The monoisotopic (exact) mass is 453 g/mol. The predicted molar refractivity (Wildman–Crippen MR) is 117 cm³/mol.